The monoisotopic (exact) mass is 910 g/mol. The summed E-state index contributed by atoms with van der Waals surface area (Å²) in [6.07, 6.45) is -40.5. The number of carbonyl (C=O) groups is 2. The van der Waals surface area contributed by atoms with Crippen LogP contribution in [0.1, 0.15) is 27.2 Å². The first-order chi connectivity index (χ1) is 29.2. The molecular formula is C35H62N2O25. The van der Waals surface area contributed by atoms with E-state index in [0.29, 0.717) is 0 Å². The quantitative estimate of drug-likeness (QED) is 0.0535. The maximum atomic E-state index is 12.4. The summed E-state index contributed by atoms with van der Waals surface area (Å²) in [5, 5.41) is 162. The van der Waals surface area contributed by atoms with Gasteiger partial charge >= 0.3 is 0 Å². The molecule has 4 rings (SSSR count). The highest BCUT2D eigenvalue weighted by Crippen LogP contribution is 2.35. The van der Waals surface area contributed by atoms with Gasteiger partial charge in [0.25, 0.3) is 0 Å². The van der Waals surface area contributed by atoms with Crippen LogP contribution >= 0.6 is 0 Å². The van der Waals surface area contributed by atoms with Gasteiger partial charge in [-0.1, -0.05) is 0 Å². The second-order valence-electron chi connectivity index (χ2n) is 15.5. The van der Waals surface area contributed by atoms with Gasteiger partial charge in [0.05, 0.1) is 44.7 Å². The van der Waals surface area contributed by atoms with Crippen LogP contribution in [0.2, 0.25) is 0 Å². The summed E-state index contributed by atoms with van der Waals surface area (Å²) in [6, 6.07) is -2.71. The number of carbonyl (C=O) groups excluding carboxylic acids is 2. The lowest BCUT2D eigenvalue weighted by atomic mass is 9.92. The van der Waals surface area contributed by atoms with Crippen molar-refractivity contribution in [3.8, 4) is 0 Å². The van der Waals surface area contributed by atoms with Crippen LogP contribution in [-0.2, 0) is 47.5 Å². The number of hydrogen-bond donors (Lipinski definition) is 17. The van der Waals surface area contributed by atoms with Gasteiger partial charge in [0.2, 0.25) is 11.8 Å². The molecule has 0 saturated carbocycles. The Balaban J connectivity index is 1.62. The van der Waals surface area contributed by atoms with Gasteiger partial charge in [-0.15, -0.1) is 0 Å². The van der Waals surface area contributed by atoms with E-state index in [4.69, 9.17) is 43.0 Å². The molecule has 4 aliphatic rings. The third kappa shape index (κ3) is 12.3. The number of rotatable bonds is 19. The lowest BCUT2D eigenvalue weighted by Crippen LogP contribution is -2.70. The van der Waals surface area contributed by atoms with Crippen LogP contribution in [-0.4, -0.2) is 269 Å². The van der Waals surface area contributed by atoms with Gasteiger partial charge in [-0.25, -0.2) is 0 Å². The Morgan fingerprint density at radius 2 is 1.03 bits per heavy atom. The van der Waals surface area contributed by atoms with E-state index in [0.717, 1.165) is 6.92 Å². The molecule has 27 heteroatoms. The predicted molar refractivity (Wildman–Crippen MR) is 195 cm³/mol. The maximum absolute atomic E-state index is 12.4. The molecule has 0 spiro atoms. The Morgan fingerprint density at radius 1 is 0.548 bits per heavy atom. The van der Waals surface area contributed by atoms with Crippen LogP contribution in [0.5, 0.6) is 0 Å². The molecule has 17 N–H and O–H groups in total. The van der Waals surface area contributed by atoms with Gasteiger partial charge in [-0.3, -0.25) is 9.59 Å². The number of hydrogen-bond acceptors (Lipinski definition) is 25. The van der Waals surface area contributed by atoms with Crippen LogP contribution in [0.4, 0.5) is 0 Å². The minimum atomic E-state index is -2.30. The first-order valence-electron chi connectivity index (χ1n) is 19.9. The summed E-state index contributed by atoms with van der Waals surface area (Å²) < 4.78 is 45.6. The molecule has 0 aliphatic carbocycles. The minimum Gasteiger partial charge on any atom is -0.396 e. The van der Waals surface area contributed by atoms with E-state index >= 15 is 0 Å². The molecule has 0 aromatic carbocycles. The van der Waals surface area contributed by atoms with E-state index in [9.17, 15) is 81.1 Å². The molecule has 0 aromatic rings. The summed E-state index contributed by atoms with van der Waals surface area (Å²) in [7, 11) is 0. The first kappa shape index (κ1) is 52.6. The normalized spacial score (nSPS) is 43.6. The Bertz CT molecular complexity index is 1390. The van der Waals surface area contributed by atoms with Crippen molar-refractivity contribution in [1.29, 1.82) is 0 Å². The minimum absolute atomic E-state index is 0.400. The van der Waals surface area contributed by atoms with Crippen molar-refractivity contribution in [2.75, 3.05) is 33.0 Å². The fourth-order valence-electron chi connectivity index (χ4n) is 7.58. The number of aliphatic hydroxyl groups excluding tert-OH is 15. The van der Waals surface area contributed by atoms with E-state index in [1.165, 1.54) is 13.8 Å². The molecule has 4 aliphatic heterocycles. The van der Waals surface area contributed by atoms with E-state index in [2.05, 4.69) is 10.6 Å². The smallest absolute Gasteiger partial charge is 0.217 e. The van der Waals surface area contributed by atoms with Crippen LogP contribution in [0, 0.1) is 0 Å². The molecule has 62 heavy (non-hydrogen) atoms. The number of nitrogens with one attached hydrogen (secondary N) is 2. The summed E-state index contributed by atoms with van der Waals surface area (Å²) >= 11 is 0. The van der Waals surface area contributed by atoms with Crippen molar-refractivity contribution in [1.82, 2.24) is 10.6 Å². The number of amides is 2. The van der Waals surface area contributed by atoms with Gasteiger partial charge in [-0.2, -0.15) is 0 Å². The van der Waals surface area contributed by atoms with Gasteiger partial charge < -0.3 is 125 Å². The molecule has 4 saturated heterocycles. The molecule has 0 radical (unpaired) electrons. The standard InChI is InChI=1S/C35H62N2O25/c1-10-18(36-11(2)42)23(48)29(15(7-40)56-10)60-33-19(37-12(3)43)24(49)30(16(8-41)58-33)61-35-28(53)31(62-34-27(52)25(50)21(46)14(6-39)57-34)22(47)17(59-35)9-55-32(54)26(51)20(45)13(44)4-5-38/h10,13-35,38-41,44-54H,4-9H2,1-3H3,(H,36,42)(H,37,43)/t10-,13+,14+,15?,16?,17?,18+,19-,20?,21+,22+,23?,24?,25?,26+,27?,28+,29+,30+,31?,32+,33-,34+,35-/m0/s1. The largest absolute Gasteiger partial charge is 0.396 e. The van der Waals surface area contributed by atoms with E-state index in [1.807, 2.05) is 0 Å². The van der Waals surface area contributed by atoms with Crippen molar-refractivity contribution in [2.45, 2.75) is 174 Å². The zero-order chi connectivity index (χ0) is 46.3. The molecule has 4 heterocycles. The van der Waals surface area contributed by atoms with Crippen molar-refractivity contribution in [3.05, 3.63) is 0 Å². The van der Waals surface area contributed by atoms with E-state index < -0.39 is 198 Å². The maximum Gasteiger partial charge on any atom is 0.217 e. The van der Waals surface area contributed by atoms with Gasteiger partial charge in [0.15, 0.2) is 25.2 Å². The lowest BCUT2D eigenvalue weighted by molar-refractivity contribution is -0.381. The van der Waals surface area contributed by atoms with Gasteiger partial charge in [0, 0.05) is 20.5 Å². The molecule has 24 atom stereocenters. The Morgan fingerprint density at radius 3 is 1.60 bits per heavy atom. The second-order valence-corrected chi connectivity index (χ2v) is 15.5. The van der Waals surface area contributed by atoms with Crippen molar-refractivity contribution in [2.24, 2.45) is 0 Å². The van der Waals surface area contributed by atoms with Crippen LogP contribution < -0.4 is 10.6 Å². The number of ether oxygens (including phenoxy) is 8. The second kappa shape index (κ2) is 23.5. The highest BCUT2D eigenvalue weighted by molar-refractivity contribution is 5.73. The van der Waals surface area contributed by atoms with Crippen molar-refractivity contribution in [3.63, 3.8) is 0 Å². The van der Waals surface area contributed by atoms with Gasteiger partial charge in [-0.05, 0) is 13.3 Å². The molecule has 4 fully saturated rings. The Kier molecular flexibility index (Phi) is 19.9. The van der Waals surface area contributed by atoms with Gasteiger partial charge in [0.1, 0.15) is 104 Å². The lowest BCUT2D eigenvalue weighted by Gasteiger charge is -2.50. The highest BCUT2D eigenvalue weighted by Gasteiger charge is 2.56. The average molecular weight is 911 g/mol. The zero-order valence-electron chi connectivity index (χ0n) is 33.9. The highest BCUT2D eigenvalue weighted by atomic mass is 16.8. The van der Waals surface area contributed by atoms with E-state index in [-0.39, 0.29) is 0 Å². The fourth-order valence-corrected chi connectivity index (χ4v) is 7.58. The summed E-state index contributed by atoms with van der Waals surface area (Å²) in [5.74, 6) is -1.31. The fraction of sp³-hybridized carbons (Fsp3) is 0.943. The SMILES string of the molecule is CC(=O)N[C@H]1C(O)[C@H](O[C@@H]2OC(CO[C@@H](O)[C@H](O)C(O)[C@H](O)CCO)[C@@H](O)C(O[C@H]3O[C@H](CO)[C@@H](O)C(O)C3O)[C@H]2O)C(CO)O[C@H]1O[C@@H]1C(CO)O[C@@H](C)[C@@H](NC(C)=O)C1O. The first-order valence-corrected chi connectivity index (χ1v) is 19.9. The van der Waals surface area contributed by atoms with Crippen LogP contribution in [0.25, 0.3) is 0 Å². The molecule has 0 bridgehead atoms. The Labute approximate surface area is 353 Å². The third-order valence-corrected chi connectivity index (χ3v) is 11.0. The van der Waals surface area contributed by atoms with Crippen molar-refractivity contribution >= 4 is 11.8 Å². The Hall–Kier alpha value is -1.98. The van der Waals surface area contributed by atoms with Crippen molar-refractivity contribution < 1.29 is 124 Å². The zero-order valence-corrected chi connectivity index (χ0v) is 33.9. The van der Waals surface area contributed by atoms with E-state index in [1.54, 1.807) is 0 Å². The van der Waals surface area contributed by atoms with Crippen LogP contribution in [0.15, 0.2) is 0 Å². The molecule has 0 aromatic heterocycles. The molecule has 2 amide bonds. The topological polar surface area (TPSA) is 435 Å². The molecule has 362 valence electrons. The number of aliphatic hydroxyl groups is 15. The molecule has 27 nitrogen and oxygen atoms in total. The summed E-state index contributed by atoms with van der Waals surface area (Å²) in [6.45, 7) is -0.365. The third-order valence-electron chi connectivity index (χ3n) is 11.0. The summed E-state index contributed by atoms with van der Waals surface area (Å²) in [5.41, 5.74) is 0. The summed E-state index contributed by atoms with van der Waals surface area (Å²) in [4.78, 5) is 24.3. The molecular weight excluding hydrogens is 848 g/mol. The molecule has 9 unspecified atom stereocenters. The average Bonchev–Trinajstić information content (AvgIpc) is 3.23. The van der Waals surface area contributed by atoms with Crippen LogP contribution in [0.3, 0.4) is 0 Å². The predicted octanol–water partition coefficient (Wildman–Crippen LogP) is -10.6.